The Morgan fingerprint density at radius 1 is 0.955 bits per heavy atom. The van der Waals surface area contributed by atoms with E-state index in [2.05, 4.69) is 54.0 Å². The van der Waals surface area contributed by atoms with Crippen molar-refractivity contribution < 1.29 is 0 Å². The predicted molar refractivity (Wildman–Crippen MR) is 95.8 cm³/mol. The first kappa shape index (κ1) is 17.1. The van der Waals surface area contributed by atoms with E-state index in [1.165, 1.54) is 70.0 Å². The van der Waals surface area contributed by atoms with Crippen LogP contribution in [-0.4, -0.2) is 18.0 Å². The molecule has 120 valence electrons. The molecule has 0 spiro atoms. The third-order valence-electron chi connectivity index (χ3n) is 4.52. The van der Waals surface area contributed by atoms with Crippen LogP contribution >= 0.6 is 0 Å². The van der Waals surface area contributed by atoms with Gasteiger partial charge in [0.2, 0.25) is 0 Å². The van der Waals surface area contributed by atoms with Crippen LogP contribution in [0.15, 0.2) is 30.3 Å². The molecule has 0 bridgehead atoms. The zero-order valence-electron chi connectivity index (χ0n) is 14.2. The Balaban J connectivity index is 1.81. The number of likely N-dealkylation sites (tertiary alicyclic amines) is 1. The summed E-state index contributed by atoms with van der Waals surface area (Å²) in [7, 11) is 0. The minimum Gasteiger partial charge on any atom is -0.286 e. The molecule has 0 aliphatic carbocycles. The Hall–Kier alpha value is -1.26. The number of unbranched alkanes of at least 4 members (excludes halogenated alkanes) is 6. The van der Waals surface area contributed by atoms with Crippen LogP contribution in [0.4, 0.5) is 0 Å². The summed E-state index contributed by atoms with van der Waals surface area (Å²) in [6, 6.07) is 11.1. The highest BCUT2D eigenvalue weighted by molar-refractivity contribution is 5.27. The number of nitrogens with zero attached hydrogens (tertiary/aromatic N) is 1. The molecule has 0 saturated carbocycles. The first-order chi connectivity index (χ1) is 10.9. The standard InChI is InChI=1S/C21H31N/c1-2-3-4-5-6-7-8-12-17-21(22-18-13-14-19-22)20-15-10-9-11-16-20/h9-11,15-16,21H,2-8,13-14,18-19H2,1H3. The molecule has 1 heteroatoms. The normalized spacial score (nSPS) is 16.2. The molecule has 2 rings (SSSR count). The number of hydrogen-bond donors (Lipinski definition) is 0. The second-order valence-corrected chi connectivity index (χ2v) is 6.40. The quantitative estimate of drug-likeness (QED) is 0.447. The van der Waals surface area contributed by atoms with Gasteiger partial charge in [-0.05, 0) is 37.9 Å². The van der Waals surface area contributed by atoms with Crippen molar-refractivity contribution in [2.45, 2.75) is 70.8 Å². The summed E-state index contributed by atoms with van der Waals surface area (Å²) < 4.78 is 0. The summed E-state index contributed by atoms with van der Waals surface area (Å²) in [6.07, 6.45) is 11.8. The molecule has 1 atom stereocenters. The molecule has 0 radical (unpaired) electrons. The Labute approximate surface area is 137 Å². The van der Waals surface area contributed by atoms with E-state index in [1.54, 1.807) is 0 Å². The van der Waals surface area contributed by atoms with Gasteiger partial charge in [-0.1, -0.05) is 75.3 Å². The van der Waals surface area contributed by atoms with E-state index in [4.69, 9.17) is 0 Å². The zero-order valence-corrected chi connectivity index (χ0v) is 14.2. The molecule has 1 saturated heterocycles. The average Bonchev–Trinajstić information content (AvgIpc) is 3.08. The van der Waals surface area contributed by atoms with Crippen molar-refractivity contribution in [3.63, 3.8) is 0 Å². The van der Waals surface area contributed by atoms with E-state index in [9.17, 15) is 0 Å². The van der Waals surface area contributed by atoms with Crippen LogP contribution < -0.4 is 0 Å². The van der Waals surface area contributed by atoms with E-state index in [-0.39, 0.29) is 0 Å². The molecule has 0 amide bonds. The maximum Gasteiger partial charge on any atom is 0.0970 e. The molecule has 0 aromatic heterocycles. The lowest BCUT2D eigenvalue weighted by Gasteiger charge is -2.23. The summed E-state index contributed by atoms with van der Waals surface area (Å²) in [4.78, 5) is 2.55. The van der Waals surface area contributed by atoms with Gasteiger partial charge in [0.25, 0.3) is 0 Å². The molecule has 1 nitrogen and oxygen atoms in total. The van der Waals surface area contributed by atoms with Crippen molar-refractivity contribution in [3.05, 3.63) is 35.9 Å². The SMILES string of the molecule is CCCCCCCCC#CC(c1ccccc1)N1CCCC1. The summed E-state index contributed by atoms with van der Waals surface area (Å²) in [5, 5.41) is 0. The van der Waals surface area contributed by atoms with Gasteiger partial charge < -0.3 is 0 Å². The fourth-order valence-corrected chi connectivity index (χ4v) is 3.18. The minimum atomic E-state index is 0.309. The lowest BCUT2D eigenvalue weighted by Crippen LogP contribution is -2.24. The maximum atomic E-state index is 3.56. The van der Waals surface area contributed by atoms with E-state index in [1.807, 2.05) is 0 Å². The summed E-state index contributed by atoms with van der Waals surface area (Å²) in [5.74, 6) is 7.02. The first-order valence-electron chi connectivity index (χ1n) is 9.19. The fraction of sp³-hybridized carbons (Fsp3) is 0.619. The van der Waals surface area contributed by atoms with Crippen LogP contribution in [0.3, 0.4) is 0 Å². The topological polar surface area (TPSA) is 3.24 Å². The Kier molecular flexibility index (Phi) is 8.13. The van der Waals surface area contributed by atoms with Crippen molar-refractivity contribution in [3.8, 4) is 11.8 Å². The lowest BCUT2D eigenvalue weighted by molar-refractivity contribution is 0.296. The van der Waals surface area contributed by atoms with Crippen molar-refractivity contribution >= 4 is 0 Å². The third kappa shape index (κ3) is 5.85. The average molecular weight is 297 g/mol. The van der Waals surface area contributed by atoms with Crippen LogP contribution in [0.2, 0.25) is 0 Å². The molecule has 1 fully saturated rings. The number of hydrogen-bond acceptors (Lipinski definition) is 1. The molecule has 1 aromatic carbocycles. The van der Waals surface area contributed by atoms with E-state index >= 15 is 0 Å². The van der Waals surface area contributed by atoms with Crippen LogP contribution in [0.25, 0.3) is 0 Å². The van der Waals surface area contributed by atoms with Crippen LogP contribution in [0.1, 0.15) is 76.3 Å². The summed E-state index contributed by atoms with van der Waals surface area (Å²) in [6.45, 7) is 4.67. The summed E-state index contributed by atoms with van der Waals surface area (Å²) >= 11 is 0. The van der Waals surface area contributed by atoms with Gasteiger partial charge in [-0.15, -0.1) is 5.92 Å². The summed E-state index contributed by atoms with van der Waals surface area (Å²) in [5.41, 5.74) is 1.36. The highest BCUT2D eigenvalue weighted by Gasteiger charge is 2.21. The highest BCUT2D eigenvalue weighted by Crippen LogP contribution is 2.24. The van der Waals surface area contributed by atoms with Gasteiger partial charge in [0.15, 0.2) is 0 Å². The monoisotopic (exact) mass is 297 g/mol. The third-order valence-corrected chi connectivity index (χ3v) is 4.52. The largest absolute Gasteiger partial charge is 0.286 e. The van der Waals surface area contributed by atoms with E-state index in [0.717, 1.165) is 6.42 Å². The molecule has 1 aromatic rings. The molecule has 1 unspecified atom stereocenters. The highest BCUT2D eigenvalue weighted by atomic mass is 15.2. The van der Waals surface area contributed by atoms with Crippen LogP contribution in [-0.2, 0) is 0 Å². The molecule has 1 heterocycles. The molecule has 1 aliphatic heterocycles. The Morgan fingerprint density at radius 3 is 2.36 bits per heavy atom. The predicted octanol–water partition coefficient (Wildman–Crippen LogP) is 5.58. The number of rotatable bonds is 8. The number of benzene rings is 1. The van der Waals surface area contributed by atoms with Gasteiger partial charge >= 0.3 is 0 Å². The van der Waals surface area contributed by atoms with Crippen molar-refractivity contribution in [2.75, 3.05) is 13.1 Å². The molecular weight excluding hydrogens is 266 g/mol. The van der Waals surface area contributed by atoms with Gasteiger partial charge in [-0.3, -0.25) is 4.90 Å². The first-order valence-corrected chi connectivity index (χ1v) is 9.19. The van der Waals surface area contributed by atoms with Crippen molar-refractivity contribution in [1.82, 2.24) is 4.90 Å². The second kappa shape index (κ2) is 10.5. The minimum absolute atomic E-state index is 0.309. The molecular formula is C21H31N. The smallest absolute Gasteiger partial charge is 0.0970 e. The zero-order chi connectivity index (χ0) is 15.5. The van der Waals surface area contributed by atoms with Crippen LogP contribution in [0, 0.1) is 11.8 Å². The fourth-order valence-electron chi connectivity index (χ4n) is 3.18. The van der Waals surface area contributed by atoms with Gasteiger partial charge in [0.05, 0.1) is 6.04 Å². The van der Waals surface area contributed by atoms with Crippen molar-refractivity contribution in [1.29, 1.82) is 0 Å². The molecule has 1 aliphatic rings. The van der Waals surface area contributed by atoms with Gasteiger partial charge in [0.1, 0.15) is 0 Å². The van der Waals surface area contributed by atoms with E-state index in [0.29, 0.717) is 6.04 Å². The molecule has 22 heavy (non-hydrogen) atoms. The van der Waals surface area contributed by atoms with Crippen molar-refractivity contribution in [2.24, 2.45) is 0 Å². The maximum absolute atomic E-state index is 3.56. The van der Waals surface area contributed by atoms with Gasteiger partial charge in [-0.2, -0.15) is 0 Å². The second-order valence-electron chi connectivity index (χ2n) is 6.40. The Bertz CT molecular complexity index is 448. The van der Waals surface area contributed by atoms with Gasteiger partial charge in [-0.25, -0.2) is 0 Å². The van der Waals surface area contributed by atoms with Crippen LogP contribution in [0.5, 0.6) is 0 Å². The lowest BCUT2D eigenvalue weighted by atomic mass is 10.1. The molecule has 0 N–H and O–H groups in total. The van der Waals surface area contributed by atoms with E-state index < -0.39 is 0 Å². The van der Waals surface area contributed by atoms with Gasteiger partial charge in [0, 0.05) is 6.42 Å². The Morgan fingerprint density at radius 2 is 1.64 bits per heavy atom.